The summed E-state index contributed by atoms with van der Waals surface area (Å²) < 4.78 is 0. The van der Waals surface area contributed by atoms with Crippen LogP contribution in [-0.4, -0.2) is 23.5 Å². The molecule has 0 aromatic heterocycles. The number of hydrogen-bond donors (Lipinski definition) is 1. The quantitative estimate of drug-likeness (QED) is 0.904. The van der Waals surface area contributed by atoms with Gasteiger partial charge >= 0.3 is 5.97 Å². The number of carbonyl (C=O) groups is 2. The first-order valence-corrected chi connectivity index (χ1v) is 6.68. The van der Waals surface area contributed by atoms with Crippen molar-refractivity contribution in [2.24, 2.45) is 5.92 Å². The number of carboxylic acids is 1. The van der Waals surface area contributed by atoms with E-state index in [1.807, 2.05) is 32.0 Å². The number of amides is 1. The smallest absolute Gasteiger partial charge is 0.307 e. The molecule has 4 heteroatoms. The van der Waals surface area contributed by atoms with Gasteiger partial charge in [0, 0.05) is 12.2 Å². The van der Waals surface area contributed by atoms with Gasteiger partial charge in [-0.2, -0.15) is 0 Å². The molecule has 1 heterocycles. The Hall–Kier alpha value is -1.84. The average Bonchev–Trinajstić information content (AvgIpc) is 3.08. The summed E-state index contributed by atoms with van der Waals surface area (Å²) >= 11 is 0. The van der Waals surface area contributed by atoms with Crippen LogP contribution >= 0.6 is 0 Å². The van der Waals surface area contributed by atoms with Crippen LogP contribution in [0.4, 0.5) is 5.69 Å². The molecule has 0 saturated heterocycles. The molecule has 1 aromatic rings. The minimum absolute atomic E-state index is 0.0256. The molecule has 1 aliphatic carbocycles. The van der Waals surface area contributed by atoms with Gasteiger partial charge < -0.3 is 10.0 Å². The number of carboxylic acid groups (broad SMARTS) is 1. The first kappa shape index (κ1) is 12.2. The van der Waals surface area contributed by atoms with E-state index in [0.29, 0.717) is 13.0 Å². The van der Waals surface area contributed by atoms with Crippen molar-refractivity contribution >= 4 is 17.6 Å². The second kappa shape index (κ2) is 3.83. The highest BCUT2D eigenvalue weighted by atomic mass is 16.4. The molecule has 2 atom stereocenters. The lowest BCUT2D eigenvalue weighted by molar-refractivity contribution is -0.140. The molecule has 1 fully saturated rings. The van der Waals surface area contributed by atoms with Crippen molar-refractivity contribution in [3.63, 3.8) is 0 Å². The van der Waals surface area contributed by atoms with E-state index in [9.17, 15) is 14.7 Å². The van der Waals surface area contributed by atoms with Crippen LogP contribution in [0.25, 0.3) is 0 Å². The van der Waals surface area contributed by atoms with Crippen LogP contribution < -0.4 is 4.90 Å². The molecule has 1 spiro atoms. The number of carbonyl (C=O) groups excluding carboxylic acids is 1. The van der Waals surface area contributed by atoms with E-state index in [1.165, 1.54) is 0 Å². The standard InChI is InChI=1S/C15H17NO3/c1-3-6-16-12-5-4-9(2)7-10(12)15(14(16)19)8-11(15)13(17)18/h4-5,7,11H,3,6,8H2,1-2H3,(H,17,18). The topological polar surface area (TPSA) is 57.6 Å². The van der Waals surface area contributed by atoms with E-state index in [2.05, 4.69) is 0 Å². The van der Waals surface area contributed by atoms with Gasteiger partial charge in [-0.1, -0.05) is 24.6 Å². The molecule has 1 saturated carbocycles. The second-order valence-corrected chi connectivity index (χ2v) is 5.54. The highest BCUT2D eigenvalue weighted by Gasteiger charge is 2.69. The third kappa shape index (κ3) is 1.46. The second-order valence-electron chi connectivity index (χ2n) is 5.54. The Morgan fingerprint density at radius 2 is 2.26 bits per heavy atom. The summed E-state index contributed by atoms with van der Waals surface area (Å²) in [5, 5.41) is 9.24. The molecule has 1 aliphatic heterocycles. The molecule has 1 aromatic carbocycles. The van der Waals surface area contributed by atoms with Crippen molar-refractivity contribution in [1.29, 1.82) is 0 Å². The van der Waals surface area contributed by atoms with E-state index >= 15 is 0 Å². The van der Waals surface area contributed by atoms with Crippen LogP contribution in [0, 0.1) is 12.8 Å². The lowest BCUT2D eigenvalue weighted by atomic mass is 9.93. The Bertz CT molecular complexity index is 581. The summed E-state index contributed by atoms with van der Waals surface area (Å²) in [5.41, 5.74) is 2.11. The molecule has 3 rings (SSSR count). The molecular formula is C15H17NO3. The van der Waals surface area contributed by atoms with Gasteiger partial charge in [-0.05, 0) is 31.4 Å². The van der Waals surface area contributed by atoms with Gasteiger partial charge in [0.1, 0.15) is 0 Å². The minimum atomic E-state index is -0.862. The maximum absolute atomic E-state index is 12.6. The first-order valence-electron chi connectivity index (χ1n) is 6.68. The molecule has 0 bridgehead atoms. The van der Waals surface area contributed by atoms with Crippen molar-refractivity contribution in [2.75, 3.05) is 11.4 Å². The zero-order valence-corrected chi connectivity index (χ0v) is 11.1. The van der Waals surface area contributed by atoms with Gasteiger partial charge in [0.05, 0.1) is 11.3 Å². The first-order chi connectivity index (χ1) is 9.02. The summed E-state index contributed by atoms with van der Waals surface area (Å²) in [5.74, 6) is -1.44. The number of aliphatic carboxylic acids is 1. The van der Waals surface area contributed by atoms with Gasteiger partial charge in [0.2, 0.25) is 5.91 Å². The lowest BCUT2D eigenvalue weighted by Crippen LogP contribution is -2.34. The predicted molar refractivity (Wildman–Crippen MR) is 71.2 cm³/mol. The maximum atomic E-state index is 12.6. The Kier molecular flexibility index (Phi) is 2.46. The number of aryl methyl sites for hydroxylation is 1. The van der Waals surface area contributed by atoms with Crippen molar-refractivity contribution in [1.82, 2.24) is 0 Å². The zero-order valence-electron chi connectivity index (χ0n) is 11.1. The van der Waals surface area contributed by atoms with Crippen LogP contribution in [0.1, 0.15) is 30.9 Å². The fourth-order valence-electron chi connectivity index (χ4n) is 3.25. The van der Waals surface area contributed by atoms with E-state index in [1.54, 1.807) is 4.90 Å². The Labute approximate surface area is 112 Å². The highest BCUT2D eigenvalue weighted by molar-refractivity contribution is 6.13. The number of rotatable bonds is 3. The number of nitrogens with zero attached hydrogens (tertiary/aromatic N) is 1. The van der Waals surface area contributed by atoms with Crippen molar-refractivity contribution in [2.45, 2.75) is 32.1 Å². The molecule has 4 nitrogen and oxygen atoms in total. The number of hydrogen-bond acceptors (Lipinski definition) is 2. The molecule has 1 amide bonds. The summed E-state index contributed by atoms with van der Waals surface area (Å²) in [4.78, 5) is 25.6. The number of fused-ring (bicyclic) bond motifs is 2. The fraction of sp³-hybridized carbons (Fsp3) is 0.467. The molecule has 19 heavy (non-hydrogen) atoms. The molecule has 0 radical (unpaired) electrons. The van der Waals surface area contributed by atoms with Crippen LogP contribution in [0.5, 0.6) is 0 Å². The van der Waals surface area contributed by atoms with Gasteiger partial charge in [-0.3, -0.25) is 9.59 Å². The molecular weight excluding hydrogens is 242 g/mol. The molecule has 2 unspecified atom stereocenters. The summed E-state index contributed by atoms with van der Waals surface area (Å²) in [6.45, 7) is 4.65. The average molecular weight is 259 g/mol. The van der Waals surface area contributed by atoms with E-state index in [4.69, 9.17) is 0 Å². The fourth-order valence-corrected chi connectivity index (χ4v) is 3.25. The molecule has 2 aliphatic rings. The van der Waals surface area contributed by atoms with Crippen molar-refractivity contribution in [3.8, 4) is 0 Å². The van der Waals surface area contributed by atoms with Gasteiger partial charge in [-0.25, -0.2) is 0 Å². The maximum Gasteiger partial charge on any atom is 0.307 e. The molecule has 100 valence electrons. The Morgan fingerprint density at radius 1 is 1.53 bits per heavy atom. The van der Waals surface area contributed by atoms with Crippen LogP contribution in [0.15, 0.2) is 18.2 Å². The van der Waals surface area contributed by atoms with E-state index in [0.717, 1.165) is 23.2 Å². The third-order valence-electron chi connectivity index (χ3n) is 4.26. The van der Waals surface area contributed by atoms with E-state index in [-0.39, 0.29) is 5.91 Å². The Balaban J connectivity index is 2.12. The molecule has 1 N–H and O–H groups in total. The largest absolute Gasteiger partial charge is 0.481 e. The number of benzene rings is 1. The van der Waals surface area contributed by atoms with Gasteiger partial charge in [0.25, 0.3) is 0 Å². The van der Waals surface area contributed by atoms with Crippen LogP contribution in [0.2, 0.25) is 0 Å². The predicted octanol–water partition coefficient (Wildman–Crippen LogP) is 2.09. The summed E-state index contributed by atoms with van der Waals surface area (Å²) in [6, 6.07) is 5.90. The highest BCUT2D eigenvalue weighted by Crippen LogP contribution is 2.61. The number of anilines is 1. The van der Waals surface area contributed by atoms with E-state index < -0.39 is 17.3 Å². The third-order valence-corrected chi connectivity index (χ3v) is 4.26. The van der Waals surface area contributed by atoms with Crippen molar-refractivity contribution < 1.29 is 14.7 Å². The van der Waals surface area contributed by atoms with Crippen molar-refractivity contribution in [3.05, 3.63) is 29.3 Å². The summed E-state index contributed by atoms with van der Waals surface area (Å²) in [7, 11) is 0. The normalized spacial score (nSPS) is 27.8. The Morgan fingerprint density at radius 3 is 2.84 bits per heavy atom. The lowest BCUT2D eigenvalue weighted by Gasteiger charge is -2.16. The van der Waals surface area contributed by atoms with Crippen LogP contribution in [0.3, 0.4) is 0 Å². The summed E-state index contributed by atoms with van der Waals surface area (Å²) in [6.07, 6.45) is 1.31. The SMILES string of the molecule is CCCN1C(=O)C2(CC2C(=O)O)c2cc(C)ccc21. The minimum Gasteiger partial charge on any atom is -0.481 e. The zero-order chi connectivity index (χ0) is 13.8. The van der Waals surface area contributed by atoms with Crippen LogP contribution in [-0.2, 0) is 15.0 Å². The van der Waals surface area contributed by atoms with Gasteiger partial charge in [0.15, 0.2) is 0 Å². The monoisotopic (exact) mass is 259 g/mol. The van der Waals surface area contributed by atoms with Gasteiger partial charge in [-0.15, -0.1) is 0 Å².